The molecule has 0 radical (unpaired) electrons. The van der Waals surface area contributed by atoms with E-state index in [1.54, 1.807) is 12.1 Å². The Morgan fingerprint density at radius 1 is 1.06 bits per heavy atom. The van der Waals surface area contributed by atoms with Crippen molar-refractivity contribution in [1.29, 1.82) is 0 Å². The van der Waals surface area contributed by atoms with Gasteiger partial charge in [0.05, 0.1) is 5.75 Å². The van der Waals surface area contributed by atoms with Gasteiger partial charge < -0.3 is 5.32 Å². The van der Waals surface area contributed by atoms with E-state index in [4.69, 9.17) is 0 Å². The fraction of sp³-hybridized carbons (Fsp3) is 0.304. The van der Waals surface area contributed by atoms with Crippen molar-refractivity contribution in [3.63, 3.8) is 0 Å². The van der Waals surface area contributed by atoms with E-state index in [0.717, 1.165) is 12.1 Å². The van der Waals surface area contributed by atoms with Crippen molar-refractivity contribution in [2.75, 3.05) is 12.3 Å². The first-order valence-electron chi connectivity index (χ1n) is 10.2. The molecule has 1 heterocycles. The van der Waals surface area contributed by atoms with Crippen LogP contribution < -0.4 is 5.32 Å². The number of halogens is 1. The van der Waals surface area contributed by atoms with E-state index in [-0.39, 0.29) is 23.3 Å². The van der Waals surface area contributed by atoms with Gasteiger partial charge in [0.1, 0.15) is 11.6 Å². The molecule has 3 aromatic rings. The molecule has 0 aliphatic carbocycles. The summed E-state index contributed by atoms with van der Waals surface area (Å²) in [6, 6.07) is 13.7. The number of aryl methyl sites for hydroxylation is 2. The van der Waals surface area contributed by atoms with Gasteiger partial charge in [-0.3, -0.25) is 14.2 Å². The van der Waals surface area contributed by atoms with Crippen molar-refractivity contribution < 1.29 is 14.0 Å². The minimum atomic E-state index is -0.330. The van der Waals surface area contributed by atoms with Gasteiger partial charge in [-0.1, -0.05) is 43.0 Å². The maximum Gasteiger partial charge on any atom is 0.216 e. The summed E-state index contributed by atoms with van der Waals surface area (Å²) in [5.41, 5.74) is 2.57. The van der Waals surface area contributed by atoms with E-state index < -0.39 is 0 Å². The number of nitrogens with one attached hydrogen (secondary N) is 1. The number of nitrogens with zero attached hydrogens (tertiary/aromatic N) is 3. The lowest BCUT2D eigenvalue weighted by Crippen LogP contribution is -2.21. The minimum absolute atomic E-state index is 0.00789. The summed E-state index contributed by atoms with van der Waals surface area (Å²) in [7, 11) is 0. The van der Waals surface area contributed by atoms with Crippen LogP contribution in [0.1, 0.15) is 42.0 Å². The van der Waals surface area contributed by atoms with Crippen LogP contribution in [0.3, 0.4) is 0 Å². The third-order valence-electron chi connectivity index (χ3n) is 4.75. The van der Waals surface area contributed by atoms with Crippen LogP contribution in [0.4, 0.5) is 4.39 Å². The lowest BCUT2D eigenvalue weighted by molar-refractivity contribution is -0.118. The van der Waals surface area contributed by atoms with Crippen molar-refractivity contribution >= 4 is 23.5 Å². The topological polar surface area (TPSA) is 76.9 Å². The molecule has 6 nitrogen and oxygen atoms in total. The Bertz CT molecular complexity index is 1030. The lowest BCUT2D eigenvalue weighted by atomic mass is 10.1. The zero-order valence-electron chi connectivity index (χ0n) is 17.6. The van der Waals surface area contributed by atoms with Gasteiger partial charge in [-0.2, -0.15) is 0 Å². The fourth-order valence-corrected chi connectivity index (χ4v) is 3.92. The molecule has 0 saturated carbocycles. The molecule has 0 bridgehead atoms. The molecule has 2 aromatic carbocycles. The lowest BCUT2D eigenvalue weighted by Gasteiger charge is -2.10. The van der Waals surface area contributed by atoms with Crippen LogP contribution in [0.5, 0.6) is 0 Å². The van der Waals surface area contributed by atoms with Crippen LogP contribution in [0.25, 0.3) is 5.69 Å². The molecule has 1 amide bonds. The van der Waals surface area contributed by atoms with Gasteiger partial charge in [0, 0.05) is 31.1 Å². The van der Waals surface area contributed by atoms with Crippen LogP contribution in [0.2, 0.25) is 0 Å². The number of Topliss-reactive ketones (excluding diaryl/α,β-unsaturated/α-hetero) is 1. The number of carbonyl (C=O) groups is 2. The molecule has 0 atom stereocenters. The SMILES string of the molecule is CCc1ccc(C(=O)CSc2nnc(CCCNC(C)=O)n2-c2ccc(F)cc2)cc1. The van der Waals surface area contributed by atoms with Crippen LogP contribution >= 0.6 is 11.8 Å². The first-order chi connectivity index (χ1) is 15.0. The van der Waals surface area contributed by atoms with Crippen molar-refractivity contribution in [2.24, 2.45) is 0 Å². The standard InChI is InChI=1S/C23H25FN4O2S/c1-3-17-6-8-18(9-7-17)21(30)15-31-23-27-26-22(5-4-14-25-16(2)29)28(23)20-12-10-19(24)11-13-20/h6-13H,3-5,14-15H2,1-2H3,(H,25,29). The Hall–Kier alpha value is -3.00. The molecule has 0 saturated heterocycles. The van der Waals surface area contributed by atoms with Crippen LogP contribution in [0.15, 0.2) is 53.7 Å². The molecule has 0 fully saturated rings. The Balaban J connectivity index is 1.75. The number of hydrogen-bond acceptors (Lipinski definition) is 5. The van der Waals surface area contributed by atoms with Crippen LogP contribution in [0, 0.1) is 5.82 Å². The summed E-state index contributed by atoms with van der Waals surface area (Å²) >= 11 is 1.30. The van der Waals surface area contributed by atoms with Gasteiger partial charge in [0.2, 0.25) is 5.91 Å². The van der Waals surface area contributed by atoms with E-state index in [9.17, 15) is 14.0 Å². The first kappa shape index (κ1) is 22.7. The van der Waals surface area contributed by atoms with E-state index in [1.165, 1.54) is 36.4 Å². The summed E-state index contributed by atoms with van der Waals surface area (Å²) in [6.07, 6.45) is 2.19. The molecule has 0 aliphatic heterocycles. The zero-order valence-corrected chi connectivity index (χ0v) is 18.4. The number of aromatic nitrogens is 3. The number of rotatable bonds is 10. The summed E-state index contributed by atoms with van der Waals surface area (Å²) in [5, 5.41) is 11.9. The van der Waals surface area contributed by atoms with Crippen molar-refractivity contribution in [3.05, 3.63) is 71.3 Å². The molecule has 1 N–H and O–H groups in total. The van der Waals surface area contributed by atoms with E-state index in [2.05, 4.69) is 22.4 Å². The molecule has 0 unspecified atom stereocenters. The van der Waals surface area contributed by atoms with Gasteiger partial charge >= 0.3 is 0 Å². The molecule has 0 spiro atoms. The number of amides is 1. The highest BCUT2D eigenvalue weighted by Gasteiger charge is 2.16. The molecule has 162 valence electrons. The molecule has 31 heavy (non-hydrogen) atoms. The zero-order chi connectivity index (χ0) is 22.2. The Labute approximate surface area is 185 Å². The van der Waals surface area contributed by atoms with Crippen molar-refractivity contribution in [2.45, 2.75) is 38.3 Å². The summed E-state index contributed by atoms with van der Waals surface area (Å²) in [5.74, 6) is 0.509. The minimum Gasteiger partial charge on any atom is -0.356 e. The second kappa shape index (κ2) is 10.9. The summed E-state index contributed by atoms with van der Waals surface area (Å²) in [4.78, 5) is 23.7. The first-order valence-corrected chi connectivity index (χ1v) is 11.2. The third-order valence-corrected chi connectivity index (χ3v) is 5.68. The maximum atomic E-state index is 13.4. The highest BCUT2D eigenvalue weighted by atomic mass is 32.2. The number of thioether (sulfide) groups is 1. The van der Waals surface area contributed by atoms with E-state index >= 15 is 0 Å². The Kier molecular flexibility index (Phi) is 7.94. The summed E-state index contributed by atoms with van der Waals surface area (Å²) < 4.78 is 15.3. The third kappa shape index (κ3) is 6.24. The normalized spacial score (nSPS) is 10.8. The summed E-state index contributed by atoms with van der Waals surface area (Å²) in [6.45, 7) is 4.08. The van der Waals surface area contributed by atoms with Gasteiger partial charge in [-0.15, -0.1) is 10.2 Å². The monoisotopic (exact) mass is 440 g/mol. The second-order valence-corrected chi connectivity index (χ2v) is 8.00. The maximum absolute atomic E-state index is 13.4. The smallest absolute Gasteiger partial charge is 0.216 e. The second-order valence-electron chi connectivity index (χ2n) is 7.06. The average Bonchev–Trinajstić information content (AvgIpc) is 3.18. The van der Waals surface area contributed by atoms with Gasteiger partial charge in [0.15, 0.2) is 10.9 Å². The Morgan fingerprint density at radius 2 is 1.77 bits per heavy atom. The number of hydrogen-bond donors (Lipinski definition) is 1. The quantitative estimate of drug-likeness (QED) is 0.293. The van der Waals surface area contributed by atoms with Gasteiger partial charge in [0.25, 0.3) is 0 Å². The number of ketones is 1. The van der Waals surface area contributed by atoms with Crippen molar-refractivity contribution in [1.82, 2.24) is 20.1 Å². The van der Waals surface area contributed by atoms with Gasteiger partial charge in [-0.25, -0.2) is 4.39 Å². The highest BCUT2D eigenvalue weighted by Crippen LogP contribution is 2.24. The molecule has 3 rings (SSSR count). The predicted molar refractivity (Wildman–Crippen MR) is 119 cm³/mol. The van der Waals surface area contributed by atoms with E-state index in [1.807, 2.05) is 28.8 Å². The molecular weight excluding hydrogens is 415 g/mol. The molecule has 0 aliphatic rings. The predicted octanol–water partition coefficient (Wildman–Crippen LogP) is 4.01. The fourth-order valence-electron chi connectivity index (χ4n) is 3.06. The largest absolute Gasteiger partial charge is 0.356 e. The Morgan fingerprint density at radius 3 is 2.42 bits per heavy atom. The average molecular weight is 441 g/mol. The number of carbonyl (C=O) groups excluding carboxylic acids is 2. The highest BCUT2D eigenvalue weighted by molar-refractivity contribution is 7.99. The molecular formula is C23H25FN4O2S. The van der Waals surface area contributed by atoms with Crippen molar-refractivity contribution in [3.8, 4) is 5.69 Å². The number of benzene rings is 2. The van der Waals surface area contributed by atoms with Gasteiger partial charge in [-0.05, 0) is 42.7 Å². The molecule has 8 heteroatoms. The van der Waals surface area contributed by atoms with E-state index in [0.29, 0.717) is 35.9 Å². The molecule has 1 aromatic heterocycles. The van der Waals surface area contributed by atoms with Crippen LogP contribution in [-0.4, -0.2) is 38.8 Å². The van der Waals surface area contributed by atoms with Crippen LogP contribution in [-0.2, 0) is 17.6 Å².